The number of fused-ring (bicyclic) bond motifs is 5. The molecular weight excluding hydrogens is 308 g/mol. The Hall–Kier alpha value is -2.88. The molecule has 2 bridgehead atoms. The van der Waals surface area contributed by atoms with E-state index >= 15 is 0 Å². The van der Waals surface area contributed by atoms with Crippen molar-refractivity contribution >= 4 is 34.0 Å². The van der Waals surface area contributed by atoms with Crippen LogP contribution in [0.25, 0.3) is 11.0 Å². The Morgan fingerprint density at radius 1 is 0.800 bits per heavy atom. The van der Waals surface area contributed by atoms with Crippen molar-refractivity contribution in [1.29, 1.82) is 0 Å². The maximum absolute atomic E-state index is 4.73. The third kappa shape index (κ3) is 2.00. The molecule has 0 spiro atoms. The molecule has 0 amide bonds. The number of aromatic nitrogens is 2. The lowest BCUT2D eigenvalue weighted by Gasteiger charge is -2.25. The zero-order valence-corrected chi connectivity index (χ0v) is 13.7. The second-order valence-corrected chi connectivity index (χ2v) is 7.35. The van der Waals surface area contributed by atoms with Crippen LogP contribution in [-0.4, -0.2) is 9.97 Å². The van der Waals surface area contributed by atoms with Gasteiger partial charge in [-0.15, -0.1) is 0 Å². The molecule has 6 rings (SSSR count). The van der Waals surface area contributed by atoms with E-state index in [1.165, 1.54) is 18.4 Å². The fourth-order valence-electron chi connectivity index (χ4n) is 4.60. The maximum atomic E-state index is 4.73. The molecule has 2 aliphatic carbocycles. The van der Waals surface area contributed by atoms with E-state index in [0.717, 1.165) is 45.9 Å². The molecule has 2 heterocycles. The van der Waals surface area contributed by atoms with E-state index in [0.29, 0.717) is 5.92 Å². The predicted octanol–water partition coefficient (Wildman–Crippen LogP) is 5.11. The van der Waals surface area contributed by atoms with Gasteiger partial charge in [0.1, 0.15) is 0 Å². The molecule has 3 aliphatic rings. The molecule has 4 heteroatoms. The topological polar surface area (TPSA) is 49.8 Å². The standard InChI is InChI=1S/C21H18N4/c1-2-4-17-16(3-1)22-20-21(23-17)25-19-11-14(7-8-18(19)24-20)15-10-12-5-6-13(15)9-12/h1-8,11-13,15H,9-10H2,(H,22,24)(H,23,25). The summed E-state index contributed by atoms with van der Waals surface area (Å²) >= 11 is 0. The van der Waals surface area contributed by atoms with Crippen LogP contribution in [0.15, 0.2) is 54.6 Å². The van der Waals surface area contributed by atoms with Gasteiger partial charge in [-0.3, -0.25) is 0 Å². The molecule has 0 radical (unpaired) electrons. The highest BCUT2D eigenvalue weighted by molar-refractivity contribution is 5.90. The molecule has 122 valence electrons. The lowest BCUT2D eigenvalue weighted by molar-refractivity contribution is 0.586. The van der Waals surface area contributed by atoms with Crippen molar-refractivity contribution < 1.29 is 0 Å². The van der Waals surface area contributed by atoms with Gasteiger partial charge in [0.05, 0.1) is 22.4 Å². The van der Waals surface area contributed by atoms with Gasteiger partial charge in [0.2, 0.25) is 0 Å². The molecule has 1 saturated carbocycles. The minimum atomic E-state index is 0.659. The summed E-state index contributed by atoms with van der Waals surface area (Å²) in [6.45, 7) is 0. The first-order chi connectivity index (χ1) is 12.3. The van der Waals surface area contributed by atoms with Crippen LogP contribution < -0.4 is 10.6 Å². The summed E-state index contributed by atoms with van der Waals surface area (Å²) < 4.78 is 0. The average Bonchev–Trinajstić information content (AvgIpc) is 3.27. The summed E-state index contributed by atoms with van der Waals surface area (Å²) in [5, 5.41) is 6.92. The van der Waals surface area contributed by atoms with Crippen LogP contribution in [0.3, 0.4) is 0 Å². The first-order valence-corrected chi connectivity index (χ1v) is 8.96. The van der Waals surface area contributed by atoms with Gasteiger partial charge in [-0.05, 0) is 60.4 Å². The lowest BCUT2D eigenvalue weighted by Crippen LogP contribution is -2.12. The number of nitrogens with zero attached hydrogens (tertiary/aromatic N) is 2. The number of nitrogens with one attached hydrogen (secondary N) is 2. The molecule has 3 aromatic rings. The number of rotatable bonds is 1. The largest absolute Gasteiger partial charge is 0.335 e. The third-order valence-electron chi connectivity index (χ3n) is 5.83. The van der Waals surface area contributed by atoms with Gasteiger partial charge in [-0.25, -0.2) is 9.97 Å². The van der Waals surface area contributed by atoms with Crippen molar-refractivity contribution in [1.82, 2.24) is 9.97 Å². The quantitative estimate of drug-likeness (QED) is 0.477. The average molecular weight is 326 g/mol. The van der Waals surface area contributed by atoms with E-state index in [1.807, 2.05) is 24.3 Å². The molecule has 25 heavy (non-hydrogen) atoms. The van der Waals surface area contributed by atoms with Gasteiger partial charge in [-0.1, -0.05) is 30.4 Å². The smallest absolute Gasteiger partial charge is 0.174 e. The summed E-state index contributed by atoms with van der Waals surface area (Å²) in [5.41, 5.74) is 5.42. The molecule has 1 aliphatic heterocycles. The number of hydrogen-bond acceptors (Lipinski definition) is 4. The molecule has 0 saturated heterocycles. The van der Waals surface area contributed by atoms with Crippen molar-refractivity contribution in [3.8, 4) is 0 Å². The summed E-state index contributed by atoms with van der Waals surface area (Å²) in [7, 11) is 0. The van der Waals surface area contributed by atoms with Crippen molar-refractivity contribution in [3.05, 3.63) is 60.2 Å². The van der Waals surface area contributed by atoms with Gasteiger partial charge >= 0.3 is 0 Å². The monoisotopic (exact) mass is 326 g/mol. The fraction of sp³-hybridized carbons (Fsp3) is 0.238. The SMILES string of the molecule is C1=CC2CC1CC2c1ccc2c(c1)Nc1nc3ccccc3nc1N2. The van der Waals surface area contributed by atoms with Gasteiger partial charge in [0.15, 0.2) is 11.6 Å². The van der Waals surface area contributed by atoms with Gasteiger partial charge in [0, 0.05) is 0 Å². The lowest BCUT2D eigenvalue weighted by atomic mass is 9.86. The van der Waals surface area contributed by atoms with Crippen LogP contribution >= 0.6 is 0 Å². The maximum Gasteiger partial charge on any atom is 0.174 e. The number of para-hydroxylation sites is 2. The fourth-order valence-corrected chi connectivity index (χ4v) is 4.60. The minimum Gasteiger partial charge on any atom is -0.335 e. The Morgan fingerprint density at radius 2 is 1.56 bits per heavy atom. The molecule has 4 nitrogen and oxygen atoms in total. The summed E-state index contributed by atoms with van der Waals surface area (Å²) in [6.07, 6.45) is 7.43. The van der Waals surface area contributed by atoms with Crippen molar-refractivity contribution in [2.45, 2.75) is 18.8 Å². The molecule has 1 aromatic heterocycles. The highest BCUT2D eigenvalue weighted by Crippen LogP contribution is 2.50. The Bertz CT molecular complexity index is 1040. The Labute approximate surface area is 146 Å². The van der Waals surface area contributed by atoms with Crippen LogP contribution in [-0.2, 0) is 0 Å². The second-order valence-electron chi connectivity index (χ2n) is 7.35. The second kappa shape index (κ2) is 4.82. The molecule has 1 fully saturated rings. The Kier molecular flexibility index (Phi) is 2.59. The summed E-state index contributed by atoms with van der Waals surface area (Å²) in [6, 6.07) is 14.7. The van der Waals surface area contributed by atoms with Gasteiger partial charge < -0.3 is 10.6 Å². The number of allylic oxidation sites excluding steroid dienone is 2. The summed E-state index contributed by atoms with van der Waals surface area (Å²) in [4.78, 5) is 9.43. The van der Waals surface area contributed by atoms with Crippen molar-refractivity contribution in [2.75, 3.05) is 10.6 Å². The third-order valence-corrected chi connectivity index (χ3v) is 5.83. The predicted molar refractivity (Wildman–Crippen MR) is 101 cm³/mol. The van der Waals surface area contributed by atoms with E-state index in [9.17, 15) is 0 Å². The van der Waals surface area contributed by atoms with Crippen LogP contribution in [0.4, 0.5) is 23.0 Å². The molecule has 3 unspecified atom stereocenters. The number of anilines is 4. The zero-order valence-electron chi connectivity index (χ0n) is 13.7. The van der Waals surface area contributed by atoms with E-state index < -0.39 is 0 Å². The van der Waals surface area contributed by atoms with Crippen LogP contribution in [0.2, 0.25) is 0 Å². The van der Waals surface area contributed by atoms with E-state index in [1.54, 1.807) is 0 Å². The van der Waals surface area contributed by atoms with E-state index in [-0.39, 0.29) is 0 Å². The first kappa shape index (κ1) is 13.4. The molecule has 2 aromatic carbocycles. The first-order valence-electron chi connectivity index (χ1n) is 8.96. The van der Waals surface area contributed by atoms with Gasteiger partial charge in [0.25, 0.3) is 0 Å². The van der Waals surface area contributed by atoms with Crippen molar-refractivity contribution in [2.24, 2.45) is 11.8 Å². The van der Waals surface area contributed by atoms with Crippen LogP contribution in [0, 0.1) is 11.8 Å². The number of hydrogen-bond donors (Lipinski definition) is 2. The normalized spacial score (nSPS) is 25.4. The van der Waals surface area contributed by atoms with Crippen LogP contribution in [0.5, 0.6) is 0 Å². The molecular formula is C21H18N4. The van der Waals surface area contributed by atoms with Crippen molar-refractivity contribution in [3.63, 3.8) is 0 Å². The number of benzene rings is 2. The van der Waals surface area contributed by atoms with E-state index in [2.05, 4.69) is 41.0 Å². The van der Waals surface area contributed by atoms with Gasteiger partial charge in [-0.2, -0.15) is 0 Å². The van der Waals surface area contributed by atoms with Crippen LogP contribution in [0.1, 0.15) is 24.3 Å². The highest BCUT2D eigenvalue weighted by atomic mass is 15.2. The van der Waals surface area contributed by atoms with E-state index in [4.69, 9.17) is 9.97 Å². The minimum absolute atomic E-state index is 0.659. The highest BCUT2D eigenvalue weighted by Gasteiger charge is 2.36. The molecule has 3 atom stereocenters. The summed E-state index contributed by atoms with van der Waals surface area (Å²) in [5.74, 6) is 3.76. The Balaban J connectivity index is 1.39. The zero-order chi connectivity index (χ0) is 16.4. The molecule has 2 N–H and O–H groups in total. The Morgan fingerprint density at radius 3 is 2.24 bits per heavy atom.